The van der Waals surface area contributed by atoms with Crippen LogP contribution in [0.5, 0.6) is 0 Å². The van der Waals surface area contributed by atoms with Gasteiger partial charge in [0.2, 0.25) is 0 Å². The Labute approximate surface area is 184 Å². The van der Waals surface area contributed by atoms with Crippen molar-refractivity contribution >= 4 is 5.91 Å². The number of benzene rings is 1. The van der Waals surface area contributed by atoms with Crippen molar-refractivity contribution in [3.05, 3.63) is 59.3 Å². The van der Waals surface area contributed by atoms with Gasteiger partial charge in [-0.05, 0) is 57.6 Å². The summed E-state index contributed by atoms with van der Waals surface area (Å²) in [4.78, 5) is 19.4. The fourth-order valence-electron chi connectivity index (χ4n) is 4.09. The maximum Gasteiger partial charge on any atom is 0.289 e. The van der Waals surface area contributed by atoms with E-state index in [9.17, 15) is 9.18 Å². The van der Waals surface area contributed by atoms with Crippen LogP contribution in [0.25, 0.3) is 0 Å². The van der Waals surface area contributed by atoms with Crippen molar-refractivity contribution in [2.75, 3.05) is 53.9 Å². The van der Waals surface area contributed by atoms with E-state index in [1.807, 2.05) is 31.1 Å². The van der Waals surface area contributed by atoms with Gasteiger partial charge in [0.25, 0.3) is 5.91 Å². The number of carbonyl (C=O) groups is 1. The number of hydrogen-bond donors (Lipinski definition) is 0. The fourth-order valence-corrected chi connectivity index (χ4v) is 4.09. The summed E-state index contributed by atoms with van der Waals surface area (Å²) in [7, 11) is 5.61. The first-order valence-electron chi connectivity index (χ1n) is 10.9. The van der Waals surface area contributed by atoms with Gasteiger partial charge in [-0.1, -0.05) is 18.2 Å². The molecular formula is C24H34FN3O3. The number of carbonyl (C=O) groups excluding carboxylic acids is 1. The van der Waals surface area contributed by atoms with Crippen molar-refractivity contribution in [1.82, 2.24) is 14.7 Å². The highest BCUT2D eigenvalue weighted by atomic mass is 19.1. The summed E-state index contributed by atoms with van der Waals surface area (Å²) in [5.74, 6) is 1.10. The van der Waals surface area contributed by atoms with Crippen LogP contribution in [-0.4, -0.2) is 74.5 Å². The molecule has 0 radical (unpaired) electrons. The monoisotopic (exact) mass is 431 g/mol. The number of piperidine rings is 1. The van der Waals surface area contributed by atoms with Crippen LogP contribution in [0.3, 0.4) is 0 Å². The molecule has 0 unspecified atom stereocenters. The first-order valence-corrected chi connectivity index (χ1v) is 10.9. The third kappa shape index (κ3) is 6.89. The van der Waals surface area contributed by atoms with Crippen molar-refractivity contribution in [3.8, 4) is 0 Å². The van der Waals surface area contributed by atoms with Gasteiger partial charge in [-0.25, -0.2) is 4.39 Å². The average molecular weight is 432 g/mol. The molecule has 0 N–H and O–H groups in total. The molecule has 2 heterocycles. The molecular weight excluding hydrogens is 397 g/mol. The Balaban J connectivity index is 1.65. The van der Waals surface area contributed by atoms with Gasteiger partial charge in [0, 0.05) is 45.4 Å². The third-order valence-corrected chi connectivity index (χ3v) is 5.70. The Morgan fingerprint density at radius 1 is 1.23 bits per heavy atom. The molecule has 0 bridgehead atoms. The number of halogens is 1. The normalized spacial score (nSPS) is 17.3. The summed E-state index contributed by atoms with van der Waals surface area (Å²) in [5, 5.41) is 0. The molecule has 2 aromatic rings. The van der Waals surface area contributed by atoms with Gasteiger partial charge in [0.1, 0.15) is 18.2 Å². The van der Waals surface area contributed by atoms with Crippen molar-refractivity contribution in [2.45, 2.75) is 26.0 Å². The van der Waals surface area contributed by atoms with Crippen LogP contribution < -0.4 is 0 Å². The molecule has 1 atom stereocenters. The topological polar surface area (TPSA) is 49.2 Å². The second-order valence-electron chi connectivity index (χ2n) is 8.59. The zero-order chi connectivity index (χ0) is 22.2. The second-order valence-corrected chi connectivity index (χ2v) is 8.59. The first kappa shape index (κ1) is 23.4. The third-order valence-electron chi connectivity index (χ3n) is 5.70. The van der Waals surface area contributed by atoms with E-state index in [0.29, 0.717) is 43.7 Å². The number of furan rings is 1. The number of methoxy groups -OCH3 is 1. The smallest absolute Gasteiger partial charge is 0.289 e. The summed E-state index contributed by atoms with van der Waals surface area (Å²) >= 11 is 0. The van der Waals surface area contributed by atoms with E-state index in [-0.39, 0.29) is 11.7 Å². The number of likely N-dealkylation sites (N-methyl/N-ethyl adjacent to an activating group) is 1. The molecule has 1 fully saturated rings. The lowest BCUT2D eigenvalue weighted by Crippen LogP contribution is -2.44. The number of nitrogens with zero attached hydrogens (tertiary/aromatic N) is 3. The van der Waals surface area contributed by atoms with Gasteiger partial charge in [0.05, 0.1) is 0 Å². The predicted octanol–water partition coefficient (Wildman–Crippen LogP) is 3.48. The molecule has 1 amide bonds. The second kappa shape index (κ2) is 11.4. The van der Waals surface area contributed by atoms with Gasteiger partial charge in [-0.15, -0.1) is 0 Å². The van der Waals surface area contributed by atoms with Gasteiger partial charge in [-0.2, -0.15) is 0 Å². The molecule has 7 heteroatoms. The maximum atomic E-state index is 14.1. The molecule has 1 aromatic heterocycles. The standard InChI is InChI=1S/C24H34FN3O3/c1-26(2)13-14-28(24(29)23-11-10-21(31-23)18-30-3)16-19-7-6-12-27(15-19)17-20-8-4-5-9-22(20)25/h4-5,8-11,19H,6-7,12-18H2,1-3H3/t19-/m0/s1. The summed E-state index contributed by atoms with van der Waals surface area (Å²) < 4.78 is 24.9. The molecule has 31 heavy (non-hydrogen) atoms. The van der Waals surface area contributed by atoms with Crippen molar-refractivity contribution in [3.63, 3.8) is 0 Å². The largest absolute Gasteiger partial charge is 0.453 e. The SMILES string of the molecule is COCc1ccc(C(=O)N(CCN(C)C)C[C@H]2CCCN(Cc3ccccc3F)C2)o1. The zero-order valence-electron chi connectivity index (χ0n) is 18.8. The quantitative estimate of drug-likeness (QED) is 0.577. The predicted molar refractivity (Wildman–Crippen MR) is 118 cm³/mol. The maximum absolute atomic E-state index is 14.1. The Kier molecular flexibility index (Phi) is 8.63. The minimum atomic E-state index is -0.155. The molecule has 3 rings (SSSR count). The van der Waals surface area contributed by atoms with Crippen LogP contribution in [0.15, 0.2) is 40.8 Å². The van der Waals surface area contributed by atoms with Gasteiger partial charge < -0.3 is 19.0 Å². The highest BCUT2D eigenvalue weighted by Crippen LogP contribution is 2.22. The van der Waals surface area contributed by atoms with Crippen LogP contribution in [-0.2, 0) is 17.9 Å². The average Bonchev–Trinajstić information content (AvgIpc) is 3.21. The summed E-state index contributed by atoms with van der Waals surface area (Å²) in [6, 6.07) is 10.5. The van der Waals surface area contributed by atoms with Crippen LogP contribution in [0.4, 0.5) is 4.39 Å². The molecule has 0 spiro atoms. The molecule has 170 valence electrons. The van der Waals surface area contributed by atoms with Gasteiger partial charge in [-0.3, -0.25) is 9.69 Å². The van der Waals surface area contributed by atoms with E-state index in [2.05, 4.69) is 9.80 Å². The minimum Gasteiger partial charge on any atom is -0.453 e. The fraction of sp³-hybridized carbons (Fsp3) is 0.542. The number of ether oxygens (including phenoxy) is 1. The van der Waals surface area contributed by atoms with Crippen molar-refractivity contribution < 1.29 is 18.3 Å². The molecule has 1 aromatic carbocycles. The van der Waals surface area contributed by atoms with E-state index >= 15 is 0 Å². The molecule has 6 nitrogen and oxygen atoms in total. The van der Waals surface area contributed by atoms with E-state index in [0.717, 1.165) is 38.0 Å². The lowest BCUT2D eigenvalue weighted by atomic mass is 9.96. The van der Waals surface area contributed by atoms with E-state index in [4.69, 9.17) is 9.15 Å². The highest BCUT2D eigenvalue weighted by molar-refractivity contribution is 5.91. The van der Waals surface area contributed by atoms with E-state index in [1.54, 1.807) is 25.3 Å². The highest BCUT2D eigenvalue weighted by Gasteiger charge is 2.26. The van der Waals surface area contributed by atoms with Crippen LogP contribution >= 0.6 is 0 Å². The van der Waals surface area contributed by atoms with Crippen molar-refractivity contribution in [2.24, 2.45) is 5.92 Å². The summed E-state index contributed by atoms with van der Waals surface area (Å²) in [6.07, 6.45) is 2.11. The number of rotatable bonds is 10. The Morgan fingerprint density at radius 3 is 2.77 bits per heavy atom. The van der Waals surface area contributed by atoms with E-state index < -0.39 is 0 Å². The molecule has 1 aliphatic rings. The number of hydrogen-bond acceptors (Lipinski definition) is 5. The molecule has 0 saturated carbocycles. The van der Waals surface area contributed by atoms with Crippen molar-refractivity contribution in [1.29, 1.82) is 0 Å². The summed E-state index contributed by atoms with van der Waals surface area (Å²) in [6.45, 7) is 4.84. The summed E-state index contributed by atoms with van der Waals surface area (Å²) in [5.41, 5.74) is 0.727. The molecule has 1 saturated heterocycles. The van der Waals surface area contributed by atoms with Gasteiger partial charge in [0.15, 0.2) is 5.76 Å². The zero-order valence-corrected chi connectivity index (χ0v) is 18.8. The Bertz CT molecular complexity index is 839. The van der Waals surface area contributed by atoms with E-state index in [1.165, 1.54) is 6.07 Å². The van der Waals surface area contributed by atoms with Gasteiger partial charge >= 0.3 is 0 Å². The molecule has 1 aliphatic heterocycles. The first-order chi connectivity index (χ1) is 15.0. The lowest BCUT2D eigenvalue weighted by Gasteiger charge is -2.36. The number of amides is 1. The minimum absolute atomic E-state index is 0.0876. The molecule has 0 aliphatic carbocycles. The van der Waals surface area contributed by atoms with Crippen LogP contribution in [0, 0.1) is 11.7 Å². The lowest BCUT2D eigenvalue weighted by molar-refractivity contribution is 0.0623. The van der Waals surface area contributed by atoms with Crippen LogP contribution in [0.2, 0.25) is 0 Å². The Morgan fingerprint density at radius 2 is 2.03 bits per heavy atom. The number of likely N-dealkylation sites (tertiary alicyclic amines) is 1. The van der Waals surface area contributed by atoms with Crippen LogP contribution in [0.1, 0.15) is 34.7 Å². The Hall–Kier alpha value is -2.22.